The van der Waals surface area contributed by atoms with Gasteiger partial charge in [-0.25, -0.2) is 4.79 Å². The number of nitrogens with one attached hydrogen (secondary N) is 3. The first-order valence-corrected chi connectivity index (χ1v) is 9.38. The van der Waals surface area contributed by atoms with E-state index in [-0.39, 0.29) is 36.3 Å². The summed E-state index contributed by atoms with van der Waals surface area (Å²) in [5.74, 6) is 0.358. The van der Waals surface area contributed by atoms with Crippen LogP contribution in [0.15, 0.2) is 51.8 Å². The Labute approximate surface area is 186 Å². The molecule has 9 heteroatoms. The van der Waals surface area contributed by atoms with Crippen LogP contribution in [0.25, 0.3) is 11.3 Å². The lowest BCUT2D eigenvalue weighted by molar-refractivity contribution is 0.102. The third-order valence-electron chi connectivity index (χ3n) is 5.05. The Balaban J connectivity index is 0.00000160. The first kappa shape index (κ1) is 23.7. The van der Waals surface area contributed by atoms with Crippen molar-refractivity contribution >= 4 is 36.4 Å². The molecule has 3 N–H and O–H groups in total. The minimum atomic E-state index is -0.591. The summed E-state index contributed by atoms with van der Waals surface area (Å²) in [5, 5.41) is 12.9. The van der Waals surface area contributed by atoms with E-state index in [1.54, 1.807) is 25.3 Å². The number of aryl methyl sites for hydroxylation is 1. The summed E-state index contributed by atoms with van der Waals surface area (Å²) in [4.78, 5) is 25.1. The summed E-state index contributed by atoms with van der Waals surface area (Å²) in [7, 11) is 0. The summed E-state index contributed by atoms with van der Waals surface area (Å²) in [6.07, 6.45) is 3.70. The van der Waals surface area contributed by atoms with E-state index in [4.69, 9.17) is 4.42 Å². The number of aromatic amines is 1. The molecule has 0 radical (unpaired) electrons. The summed E-state index contributed by atoms with van der Waals surface area (Å²) in [5.41, 5.74) is 2.53. The maximum atomic E-state index is 12.7. The number of amides is 1. The van der Waals surface area contributed by atoms with Gasteiger partial charge in [-0.05, 0) is 61.7 Å². The van der Waals surface area contributed by atoms with Gasteiger partial charge in [0.15, 0.2) is 0 Å². The van der Waals surface area contributed by atoms with Crippen LogP contribution in [-0.2, 0) is 0 Å². The number of hydrogen-bond donors (Lipinski definition) is 3. The summed E-state index contributed by atoms with van der Waals surface area (Å²) < 4.78 is 5.49. The molecule has 1 fully saturated rings. The highest BCUT2D eigenvalue weighted by Crippen LogP contribution is 2.24. The average Bonchev–Trinajstić information content (AvgIpc) is 3.23. The second-order valence-electron chi connectivity index (χ2n) is 7.04. The normalized spacial score (nSPS) is 15.6. The van der Waals surface area contributed by atoms with Crippen LogP contribution in [0.5, 0.6) is 0 Å². The van der Waals surface area contributed by atoms with Crippen LogP contribution >= 0.6 is 24.8 Å². The first-order valence-electron chi connectivity index (χ1n) is 9.38. The Morgan fingerprint density at radius 2 is 1.97 bits per heavy atom. The lowest BCUT2D eigenvalue weighted by atomic mass is 9.95. The second kappa shape index (κ2) is 10.4. The number of H-pyrrole nitrogens is 1. The van der Waals surface area contributed by atoms with Crippen LogP contribution in [0, 0.1) is 6.92 Å². The van der Waals surface area contributed by atoms with Crippen LogP contribution in [0.1, 0.15) is 40.4 Å². The molecule has 30 heavy (non-hydrogen) atoms. The van der Waals surface area contributed by atoms with Crippen LogP contribution < -0.4 is 16.3 Å². The Kier molecular flexibility index (Phi) is 8.23. The molecule has 1 aromatic carbocycles. The van der Waals surface area contributed by atoms with Crippen molar-refractivity contribution in [3.8, 4) is 11.3 Å². The molecule has 3 aromatic rings. The molecule has 2 aromatic heterocycles. The molecule has 1 amide bonds. The average molecular weight is 451 g/mol. The maximum absolute atomic E-state index is 12.7. The van der Waals surface area contributed by atoms with E-state index >= 15 is 0 Å². The molecule has 7 nitrogen and oxygen atoms in total. The Morgan fingerprint density at radius 1 is 1.20 bits per heavy atom. The van der Waals surface area contributed by atoms with Crippen molar-refractivity contribution in [2.45, 2.75) is 25.7 Å². The van der Waals surface area contributed by atoms with Crippen molar-refractivity contribution in [2.24, 2.45) is 0 Å². The number of nitrogens with zero attached hydrogens (tertiary/aromatic N) is 1. The zero-order valence-corrected chi connectivity index (χ0v) is 18.1. The van der Waals surface area contributed by atoms with Gasteiger partial charge in [-0.15, -0.1) is 24.8 Å². The highest BCUT2D eigenvalue weighted by atomic mass is 35.5. The van der Waals surface area contributed by atoms with Gasteiger partial charge in [0.2, 0.25) is 0 Å². The second-order valence-corrected chi connectivity index (χ2v) is 7.04. The zero-order chi connectivity index (χ0) is 19.5. The van der Waals surface area contributed by atoms with E-state index in [1.165, 1.54) is 0 Å². The largest absolute Gasteiger partial charge is 0.427 e. The van der Waals surface area contributed by atoms with Gasteiger partial charge in [-0.2, -0.15) is 5.10 Å². The van der Waals surface area contributed by atoms with Crippen LogP contribution in [0.2, 0.25) is 0 Å². The van der Waals surface area contributed by atoms with Gasteiger partial charge >= 0.3 is 5.63 Å². The molecule has 0 aliphatic carbocycles. The fourth-order valence-electron chi connectivity index (χ4n) is 3.55. The van der Waals surface area contributed by atoms with Crippen molar-refractivity contribution in [2.75, 3.05) is 18.4 Å². The quantitative estimate of drug-likeness (QED) is 0.559. The predicted octanol–water partition coefficient (Wildman–Crippen LogP) is 3.90. The monoisotopic (exact) mass is 450 g/mol. The molecule has 0 bridgehead atoms. The Morgan fingerprint density at radius 3 is 2.57 bits per heavy atom. The van der Waals surface area contributed by atoms with Crippen LogP contribution in [0.4, 0.5) is 5.69 Å². The molecule has 160 valence electrons. The van der Waals surface area contributed by atoms with Gasteiger partial charge in [0, 0.05) is 24.3 Å². The van der Waals surface area contributed by atoms with Crippen molar-refractivity contribution in [3.63, 3.8) is 0 Å². The molecule has 0 spiro atoms. The smallest absolute Gasteiger partial charge is 0.349 e. The molecule has 0 saturated carbocycles. The van der Waals surface area contributed by atoms with E-state index in [2.05, 4.69) is 20.8 Å². The van der Waals surface area contributed by atoms with E-state index in [1.807, 2.05) is 24.3 Å². The number of anilines is 1. The van der Waals surface area contributed by atoms with Crippen molar-refractivity contribution in [3.05, 3.63) is 69.9 Å². The van der Waals surface area contributed by atoms with Crippen molar-refractivity contribution in [1.29, 1.82) is 0 Å². The fourth-order valence-corrected chi connectivity index (χ4v) is 3.55. The van der Waals surface area contributed by atoms with Gasteiger partial charge in [0.25, 0.3) is 5.91 Å². The predicted molar refractivity (Wildman–Crippen MR) is 121 cm³/mol. The Hall–Kier alpha value is -2.61. The number of aromatic nitrogens is 2. The number of benzene rings is 1. The molecular weight excluding hydrogens is 427 g/mol. The highest BCUT2D eigenvalue weighted by molar-refractivity contribution is 6.05. The third kappa shape index (κ3) is 5.11. The summed E-state index contributed by atoms with van der Waals surface area (Å²) in [6, 6.07) is 11.0. The molecule has 4 rings (SSSR count). The number of rotatable bonds is 4. The minimum absolute atomic E-state index is 0. The number of halogens is 2. The van der Waals surface area contributed by atoms with E-state index < -0.39 is 11.5 Å². The zero-order valence-electron chi connectivity index (χ0n) is 16.4. The SMILES string of the molecule is Cc1cc(C2CCCNC2)oc(=O)c1C(=O)Nc1ccc(-c2ccn[nH]2)cc1.Cl.Cl. The standard InChI is InChI=1S/C21H22N4O3.2ClH/c1-13-11-18(15-3-2-9-22-12-15)28-21(27)19(13)20(26)24-16-6-4-14(5-7-16)17-8-10-23-25-17;;/h4-8,10-11,15,22H,2-3,9,12H2,1H3,(H,23,25)(H,24,26);2*1H. The number of hydrogen-bond acceptors (Lipinski definition) is 5. The number of carbonyl (C=O) groups excluding carboxylic acids is 1. The number of piperidine rings is 1. The van der Waals surface area contributed by atoms with Crippen LogP contribution in [0.3, 0.4) is 0 Å². The molecule has 3 heterocycles. The van der Waals surface area contributed by atoms with E-state index in [0.29, 0.717) is 17.0 Å². The van der Waals surface area contributed by atoms with Crippen LogP contribution in [-0.4, -0.2) is 29.2 Å². The van der Waals surface area contributed by atoms with E-state index in [9.17, 15) is 9.59 Å². The molecule has 1 saturated heterocycles. The first-order chi connectivity index (χ1) is 13.6. The van der Waals surface area contributed by atoms with Gasteiger partial charge in [-0.3, -0.25) is 9.89 Å². The molecular formula is C21H24Cl2N4O3. The highest BCUT2D eigenvalue weighted by Gasteiger charge is 2.22. The lowest BCUT2D eigenvalue weighted by Gasteiger charge is -2.22. The summed E-state index contributed by atoms with van der Waals surface area (Å²) >= 11 is 0. The lowest BCUT2D eigenvalue weighted by Crippen LogP contribution is -2.30. The molecule has 1 unspecified atom stereocenters. The molecule has 1 aliphatic heterocycles. The Bertz CT molecular complexity index is 1030. The molecule has 1 aliphatic rings. The topological polar surface area (TPSA) is 100 Å². The summed E-state index contributed by atoms with van der Waals surface area (Å²) in [6.45, 7) is 3.54. The third-order valence-corrected chi connectivity index (χ3v) is 5.05. The van der Waals surface area contributed by atoms with Gasteiger partial charge in [-0.1, -0.05) is 12.1 Å². The minimum Gasteiger partial charge on any atom is -0.427 e. The molecule has 1 atom stereocenters. The maximum Gasteiger partial charge on any atom is 0.349 e. The number of carbonyl (C=O) groups is 1. The van der Waals surface area contributed by atoms with E-state index in [0.717, 1.165) is 37.2 Å². The van der Waals surface area contributed by atoms with Gasteiger partial charge < -0.3 is 15.1 Å². The fraction of sp³-hybridized carbons (Fsp3) is 0.286. The van der Waals surface area contributed by atoms with Gasteiger partial charge in [0.1, 0.15) is 11.3 Å². The van der Waals surface area contributed by atoms with Crippen molar-refractivity contribution < 1.29 is 9.21 Å². The van der Waals surface area contributed by atoms with Crippen molar-refractivity contribution in [1.82, 2.24) is 15.5 Å². The van der Waals surface area contributed by atoms with Gasteiger partial charge in [0.05, 0.1) is 5.69 Å².